The molecule has 1 aliphatic heterocycles. The quantitative estimate of drug-likeness (QED) is 0.678. The third-order valence-corrected chi connectivity index (χ3v) is 9.55. The van der Waals surface area contributed by atoms with Gasteiger partial charge in [-0.05, 0) is 56.8 Å². The van der Waals surface area contributed by atoms with Crippen molar-refractivity contribution in [2.75, 3.05) is 0 Å². The smallest absolute Gasteiger partial charge is 0.316 e. The van der Waals surface area contributed by atoms with Gasteiger partial charge in [0, 0.05) is 25.2 Å². The van der Waals surface area contributed by atoms with Gasteiger partial charge in [-0.3, -0.25) is 14.4 Å². The molecule has 2 N–H and O–H groups in total. The van der Waals surface area contributed by atoms with Crippen molar-refractivity contribution in [3.8, 4) is 0 Å². The van der Waals surface area contributed by atoms with Crippen LogP contribution in [0.4, 0.5) is 0 Å². The van der Waals surface area contributed by atoms with E-state index in [9.17, 15) is 24.6 Å². The Morgan fingerprint density at radius 1 is 1.07 bits per heavy atom. The summed E-state index contributed by atoms with van der Waals surface area (Å²) in [6.45, 7) is 3.43. The highest BCUT2D eigenvalue weighted by Gasteiger charge is 2.80. The first-order valence-electron chi connectivity index (χ1n) is 10.9. The Morgan fingerprint density at radius 2 is 1.83 bits per heavy atom. The first kappa shape index (κ1) is 19.3. The highest BCUT2D eigenvalue weighted by molar-refractivity contribution is 5.83. The molecule has 0 aromatic heterocycles. The molecule has 5 rings (SSSR count). The van der Waals surface area contributed by atoms with E-state index < -0.39 is 28.5 Å². The van der Waals surface area contributed by atoms with Crippen LogP contribution in [0.2, 0.25) is 0 Å². The number of ether oxygens (including phenoxy) is 2. The zero-order chi connectivity index (χ0) is 20.8. The summed E-state index contributed by atoms with van der Waals surface area (Å²) in [5.74, 6) is -1.91. The topological polar surface area (TPSA) is 110 Å². The van der Waals surface area contributed by atoms with Crippen LogP contribution in [0.25, 0.3) is 0 Å². The minimum absolute atomic E-state index is 0.0221. The fraction of sp³-hybridized carbons (Fsp3) is 0.864. The van der Waals surface area contributed by atoms with E-state index in [-0.39, 0.29) is 41.7 Å². The van der Waals surface area contributed by atoms with Crippen molar-refractivity contribution in [2.24, 2.45) is 28.6 Å². The number of hydrogen-bond acceptors (Lipinski definition) is 6. The van der Waals surface area contributed by atoms with Crippen LogP contribution in [0.15, 0.2) is 0 Å². The summed E-state index contributed by atoms with van der Waals surface area (Å²) < 4.78 is 11.6. The molecule has 2 bridgehead atoms. The fourth-order valence-corrected chi connectivity index (χ4v) is 8.48. The highest BCUT2D eigenvalue weighted by Crippen LogP contribution is 2.74. The number of hydrogen-bond donors (Lipinski definition) is 2. The SMILES string of the molecule is CC(=O)OC1CCC23C(=O)OC4(CCC2(O)C1)C1CCC(C(=O)O)C1(C)CCC43. The molecule has 1 heterocycles. The lowest BCUT2D eigenvalue weighted by atomic mass is 9.42. The van der Waals surface area contributed by atoms with E-state index in [1.165, 1.54) is 6.92 Å². The van der Waals surface area contributed by atoms with Crippen LogP contribution in [0.1, 0.15) is 71.6 Å². The van der Waals surface area contributed by atoms with Crippen molar-refractivity contribution in [3.63, 3.8) is 0 Å². The molecule has 7 heteroatoms. The summed E-state index contributed by atoms with van der Waals surface area (Å²) in [4.78, 5) is 36.7. The predicted molar refractivity (Wildman–Crippen MR) is 99.5 cm³/mol. The second kappa shape index (κ2) is 5.74. The van der Waals surface area contributed by atoms with Crippen molar-refractivity contribution < 1.29 is 34.1 Å². The van der Waals surface area contributed by atoms with Gasteiger partial charge >= 0.3 is 17.9 Å². The van der Waals surface area contributed by atoms with Gasteiger partial charge in [0.2, 0.25) is 0 Å². The number of rotatable bonds is 2. The van der Waals surface area contributed by atoms with Crippen LogP contribution in [0.5, 0.6) is 0 Å². The van der Waals surface area contributed by atoms with Gasteiger partial charge in [0.1, 0.15) is 17.1 Å². The minimum Gasteiger partial charge on any atom is -0.481 e. The van der Waals surface area contributed by atoms with Gasteiger partial charge in [-0.1, -0.05) is 6.92 Å². The Balaban J connectivity index is 1.53. The third-order valence-electron chi connectivity index (χ3n) is 9.55. The fourth-order valence-electron chi connectivity index (χ4n) is 8.48. The number of carbonyl (C=O) groups excluding carboxylic acids is 2. The van der Waals surface area contributed by atoms with E-state index >= 15 is 0 Å². The second-order valence-corrected chi connectivity index (χ2v) is 10.4. The van der Waals surface area contributed by atoms with Gasteiger partial charge in [0.25, 0.3) is 0 Å². The average Bonchev–Trinajstić information content (AvgIpc) is 3.07. The van der Waals surface area contributed by atoms with Crippen LogP contribution in [0.3, 0.4) is 0 Å². The Bertz CT molecular complexity index is 794. The second-order valence-electron chi connectivity index (χ2n) is 10.4. The maximum Gasteiger partial charge on any atom is 0.316 e. The Kier molecular flexibility index (Phi) is 3.83. The van der Waals surface area contributed by atoms with Crippen molar-refractivity contribution in [3.05, 3.63) is 0 Å². The maximum atomic E-state index is 13.4. The maximum absolute atomic E-state index is 13.4. The molecule has 0 aromatic rings. The van der Waals surface area contributed by atoms with Crippen LogP contribution in [-0.4, -0.2) is 45.4 Å². The highest BCUT2D eigenvalue weighted by atomic mass is 16.6. The third kappa shape index (κ3) is 2.15. The molecule has 4 saturated carbocycles. The Hall–Kier alpha value is -1.63. The Morgan fingerprint density at radius 3 is 2.52 bits per heavy atom. The number of esters is 2. The summed E-state index contributed by atoms with van der Waals surface area (Å²) >= 11 is 0. The number of carbonyl (C=O) groups is 3. The molecular formula is C22H30O7. The molecule has 1 saturated heterocycles. The number of carboxylic acids is 1. The number of carboxylic acid groups (broad SMARTS) is 1. The summed E-state index contributed by atoms with van der Waals surface area (Å²) in [6, 6.07) is 0. The lowest BCUT2D eigenvalue weighted by Gasteiger charge is -2.61. The molecular weight excluding hydrogens is 376 g/mol. The molecule has 0 aromatic carbocycles. The van der Waals surface area contributed by atoms with Crippen LogP contribution >= 0.6 is 0 Å². The monoisotopic (exact) mass is 406 g/mol. The normalized spacial score (nSPS) is 52.7. The summed E-state index contributed by atoms with van der Waals surface area (Å²) in [5, 5.41) is 21.5. The number of fused-ring (bicyclic) bond motifs is 1. The molecule has 0 radical (unpaired) electrons. The first-order chi connectivity index (χ1) is 13.6. The summed E-state index contributed by atoms with van der Waals surface area (Å²) in [7, 11) is 0. The standard InChI is InChI=1S/C22H30O7/c1-12(23)28-13-5-8-21-16-6-7-19(2)14(17(24)25)3-4-15(19)22(16,29-18(21)26)10-9-20(21,27)11-13/h13-16,27H,3-11H2,1-2H3,(H,24,25). The van der Waals surface area contributed by atoms with Crippen molar-refractivity contribution >= 4 is 17.9 Å². The molecule has 160 valence electrons. The summed E-state index contributed by atoms with van der Waals surface area (Å²) in [6.07, 6.45) is 4.69. The molecule has 8 atom stereocenters. The van der Waals surface area contributed by atoms with Gasteiger partial charge in [0.05, 0.1) is 11.5 Å². The van der Waals surface area contributed by atoms with E-state index in [1.807, 2.05) is 0 Å². The van der Waals surface area contributed by atoms with Gasteiger partial charge in [0.15, 0.2) is 0 Å². The molecule has 5 fully saturated rings. The van der Waals surface area contributed by atoms with Gasteiger partial charge in [-0.15, -0.1) is 0 Å². The molecule has 7 nitrogen and oxygen atoms in total. The van der Waals surface area contributed by atoms with Gasteiger partial charge in [-0.2, -0.15) is 0 Å². The van der Waals surface area contributed by atoms with Crippen LogP contribution in [0, 0.1) is 28.6 Å². The van der Waals surface area contributed by atoms with Crippen LogP contribution < -0.4 is 0 Å². The van der Waals surface area contributed by atoms with E-state index in [0.717, 1.165) is 12.8 Å². The largest absolute Gasteiger partial charge is 0.481 e. The lowest BCUT2D eigenvalue weighted by molar-refractivity contribution is -0.219. The summed E-state index contributed by atoms with van der Waals surface area (Å²) in [5.41, 5.74) is -3.22. The first-order valence-corrected chi connectivity index (χ1v) is 10.9. The van der Waals surface area contributed by atoms with Crippen molar-refractivity contribution in [2.45, 2.75) is 88.9 Å². The molecule has 29 heavy (non-hydrogen) atoms. The van der Waals surface area contributed by atoms with E-state index in [1.54, 1.807) is 0 Å². The lowest BCUT2D eigenvalue weighted by Crippen LogP contribution is -2.67. The van der Waals surface area contributed by atoms with Crippen LogP contribution in [-0.2, 0) is 23.9 Å². The van der Waals surface area contributed by atoms with E-state index in [0.29, 0.717) is 38.5 Å². The zero-order valence-electron chi connectivity index (χ0n) is 17.1. The molecule has 8 unspecified atom stereocenters. The predicted octanol–water partition coefficient (Wildman–Crippen LogP) is 2.44. The molecule has 4 aliphatic carbocycles. The molecule has 1 spiro atoms. The van der Waals surface area contributed by atoms with E-state index in [2.05, 4.69) is 6.92 Å². The Labute approximate surface area is 170 Å². The van der Waals surface area contributed by atoms with Crippen molar-refractivity contribution in [1.29, 1.82) is 0 Å². The number of aliphatic hydroxyl groups is 1. The zero-order valence-corrected chi connectivity index (χ0v) is 17.1. The molecule has 5 aliphatic rings. The average molecular weight is 406 g/mol. The van der Waals surface area contributed by atoms with Gasteiger partial charge in [-0.25, -0.2) is 0 Å². The minimum atomic E-state index is -1.23. The molecule has 0 amide bonds. The number of aliphatic carboxylic acids is 1. The van der Waals surface area contributed by atoms with E-state index in [4.69, 9.17) is 9.47 Å². The van der Waals surface area contributed by atoms with Gasteiger partial charge < -0.3 is 19.7 Å². The van der Waals surface area contributed by atoms with Crippen molar-refractivity contribution in [1.82, 2.24) is 0 Å².